The molecule has 0 saturated heterocycles. The molecule has 1 aliphatic heterocycles. The lowest BCUT2D eigenvalue weighted by atomic mass is 10.1. The quantitative estimate of drug-likeness (QED) is 0.792. The van der Waals surface area contributed by atoms with Gasteiger partial charge in [0, 0.05) is 12.6 Å². The second-order valence-electron chi connectivity index (χ2n) is 5.87. The van der Waals surface area contributed by atoms with Gasteiger partial charge < -0.3 is 16.0 Å². The van der Waals surface area contributed by atoms with Crippen molar-refractivity contribution in [1.29, 1.82) is 0 Å². The van der Waals surface area contributed by atoms with Crippen LogP contribution in [0.2, 0.25) is 0 Å². The van der Waals surface area contributed by atoms with Crippen LogP contribution < -0.4 is 16.0 Å². The van der Waals surface area contributed by atoms with Gasteiger partial charge in [0.1, 0.15) is 11.9 Å². The van der Waals surface area contributed by atoms with Gasteiger partial charge in [-0.15, -0.1) is 0 Å². The largest absolute Gasteiger partial charge is 0.340 e. The Bertz CT molecular complexity index is 835. The number of para-hydroxylation sites is 1. The van der Waals surface area contributed by atoms with Crippen LogP contribution in [0.25, 0.3) is 0 Å². The van der Waals surface area contributed by atoms with Crippen LogP contribution in [0.4, 0.5) is 11.5 Å². The van der Waals surface area contributed by atoms with Crippen molar-refractivity contribution in [1.82, 2.24) is 10.3 Å². The Morgan fingerprint density at radius 1 is 1.24 bits per heavy atom. The summed E-state index contributed by atoms with van der Waals surface area (Å²) in [6.07, 6.45) is 1.90. The molecule has 0 saturated carbocycles. The van der Waals surface area contributed by atoms with Crippen LogP contribution in [0.1, 0.15) is 28.8 Å². The standard InChI is InChI=1S/C18H18N4O3/c1-11-8-9-19-15(10-11)22-16(23)7-6-14-18(25)20-13-5-3-2-4-12(13)17(24)21-14/h2-5,8-10,14H,6-7H2,1H3,(H,20,25)(H,21,24)(H,19,22,23)/t14-/m0/s1. The number of pyridine rings is 1. The number of nitrogens with zero attached hydrogens (tertiary/aromatic N) is 1. The third kappa shape index (κ3) is 4.00. The van der Waals surface area contributed by atoms with Gasteiger partial charge in [-0.05, 0) is 43.2 Å². The maximum Gasteiger partial charge on any atom is 0.254 e. The van der Waals surface area contributed by atoms with Crippen LogP contribution in [0, 0.1) is 6.92 Å². The van der Waals surface area contributed by atoms with E-state index in [0.717, 1.165) is 5.56 Å². The number of aromatic nitrogens is 1. The minimum Gasteiger partial charge on any atom is -0.340 e. The van der Waals surface area contributed by atoms with Crippen molar-refractivity contribution in [3.63, 3.8) is 0 Å². The number of anilines is 2. The predicted molar refractivity (Wildman–Crippen MR) is 93.2 cm³/mol. The van der Waals surface area contributed by atoms with Crippen LogP contribution in [0.3, 0.4) is 0 Å². The average Bonchev–Trinajstić information content (AvgIpc) is 2.70. The van der Waals surface area contributed by atoms with Gasteiger partial charge in [0.25, 0.3) is 5.91 Å². The minimum atomic E-state index is -0.767. The topological polar surface area (TPSA) is 100 Å². The smallest absolute Gasteiger partial charge is 0.254 e. The molecule has 0 unspecified atom stereocenters. The summed E-state index contributed by atoms with van der Waals surface area (Å²) in [5, 5.41) is 8.07. The number of rotatable bonds is 4. The van der Waals surface area contributed by atoms with Crippen molar-refractivity contribution in [3.05, 3.63) is 53.7 Å². The lowest BCUT2D eigenvalue weighted by molar-refractivity contribution is -0.118. The highest BCUT2D eigenvalue weighted by Gasteiger charge is 2.27. The summed E-state index contributed by atoms with van der Waals surface area (Å²) in [6.45, 7) is 1.90. The van der Waals surface area contributed by atoms with Crippen molar-refractivity contribution < 1.29 is 14.4 Å². The van der Waals surface area contributed by atoms with Gasteiger partial charge in [0.15, 0.2) is 0 Å². The Morgan fingerprint density at radius 2 is 2.04 bits per heavy atom. The van der Waals surface area contributed by atoms with Gasteiger partial charge in [0.05, 0.1) is 11.3 Å². The first-order valence-electron chi connectivity index (χ1n) is 7.96. The van der Waals surface area contributed by atoms with Crippen molar-refractivity contribution in [2.45, 2.75) is 25.8 Å². The molecule has 7 heteroatoms. The Labute approximate surface area is 144 Å². The lowest BCUT2D eigenvalue weighted by Crippen LogP contribution is -2.41. The molecule has 2 heterocycles. The minimum absolute atomic E-state index is 0.0876. The molecule has 0 bridgehead atoms. The SMILES string of the molecule is Cc1ccnc(NC(=O)CC[C@@H]2NC(=O)c3ccccc3NC2=O)c1. The molecule has 7 nitrogen and oxygen atoms in total. The van der Waals surface area contributed by atoms with Crippen molar-refractivity contribution in [3.8, 4) is 0 Å². The predicted octanol–water partition coefficient (Wildman–Crippen LogP) is 1.86. The Kier molecular flexibility index (Phi) is 4.74. The highest BCUT2D eigenvalue weighted by molar-refractivity contribution is 6.09. The van der Waals surface area contributed by atoms with E-state index in [1.807, 2.05) is 13.0 Å². The highest BCUT2D eigenvalue weighted by Crippen LogP contribution is 2.19. The summed E-state index contributed by atoms with van der Waals surface area (Å²) >= 11 is 0. The molecule has 25 heavy (non-hydrogen) atoms. The molecule has 1 atom stereocenters. The second-order valence-corrected chi connectivity index (χ2v) is 5.87. The average molecular weight is 338 g/mol. The number of amides is 3. The van der Waals surface area contributed by atoms with E-state index in [2.05, 4.69) is 20.9 Å². The van der Waals surface area contributed by atoms with Gasteiger partial charge in [-0.3, -0.25) is 14.4 Å². The zero-order valence-corrected chi connectivity index (χ0v) is 13.7. The van der Waals surface area contributed by atoms with E-state index in [9.17, 15) is 14.4 Å². The molecule has 1 aliphatic rings. The summed E-state index contributed by atoms with van der Waals surface area (Å²) in [5.74, 6) is -0.465. The molecule has 128 valence electrons. The molecule has 0 spiro atoms. The van der Waals surface area contributed by atoms with Gasteiger partial charge in [-0.25, -0.2) is 4.98 Å². The van der Waals surface area contributed by atoms with Gasteiger partial charge in [-0.2, -0.15) is 0 Å². The maximum atomic E-state index is 12.3. The molecule has 1 aromatic heterocycles. The summed E-state index contributed by atoms with van der Waals surface area (Å²) in [5.41, 5.74) is 1.87. The fraction of sp³-hybridized carbons (Fsp3) is 0.222. The highest BCUT2D eigenvalue weighted by atomic mass is 16.2. The van der Waals surface area contributed by atoms with Crippen LogP contribution >= 0.6 is 0 Å². The third-order valence-electron chi connectivity index (χ3n) is 3.89. The molecule has 0 fully saturated rings. The Hall–Kier alpha value is -3.22. The van der Waals surface area contributed by atoms with Gasteiger partial charge in [0.2, 0.25) is 11.8 Å². The molecule has 0 radical (unpaired) electrons. The van der Waals surface area contributed by atoms with E-state index >= 15 is 0 Å². The van der Waals surface area contributed by atoms with Gasteiger partial charge >= 0.3 is 0 Å². The third-order valence-corrected chi connectivity index (χ3v) is 3.89. The zero-order chi connectivity index (χ0) is 17.8. The number of hydrogen-bond donors (Lipinski definition) is 3. The van der Waals surface area contributed by atoms with Crippen molar-refractivity contribution >= 4 is 29.2 Å². The van der Waals surface area contributed by atoms with Crippen LogP contribution in [-0.2, 0) is 9.59 Å². The Balaban J connectivity index is 1.61. The molecule has 2 aromatic rings. The molecule has 1 aromatic carbocycles. The summed E-state index contributed by atoms with van der Waals surface area (Å²) in [6, 6.07) is 9.61. The first kappa shape index (κ1) is 16.6. The van der Waals surface area contributed by atoms with Crippen LogP contribution in [0.5, 0.6) is 0 Å². The first-order valence-corrected chi connectivity index (χ1v) is 7.96. The molecule has 3 N–H and O–H groups in total. The van der Waals surface area contributed by atoms with Crippen LogP contribution in [0.15, 0.2) is 42.6 Å². The van der Waals surface area contributed by atoms with E-state index in [1.165, 1.54) is 0 Å². The number of hydrogen-bond acceptors (Lipinski definition) is 4. The van der Waals surface area contributed by atoms with Gasteiger partial charge in [-0.1, -0.05) is 12.1 Å². The van der Waals surface area contributed by atoms with E-state index in [4.69, 9.17) is 0 Å². The van der Waals surface area contributed by atoms with E-state index in [1.54, 1.807) is 36.5 Å². The number of carbonyl (C=O) groups is 3. The molecular formula is C18H18N4O3. The second kappa shape index (κ2) is 7.12. The summed E-state index contributed by atoms with van der Waals surface area (Å²) in [7, 11) is 0. The summed E-state index contributed by atoms with van der Waals surface area (Å²) < 4.78 is 0. The number of carbonyl (C=O) groups excluding carboxylic acids is 3. The summed E-state index contributed by atoms with van der Waals surface area (Å²) in [4.78, 5) is 40.6. The lowest BCUT2D eigenvalue weighted by Gasteiger charge is -2.14. The number of fused-ring (bicyclic) bond motifs is 1. The Morgan fingerprint density at radius 3 is 2.84 bits per heavy atom. The number of nitrogens with one attached hydrogen (secondary N) is 3. The van der Waals surface area contributed by atoms with E-state index in [-0.39, 0.29) is 30.6 Å². The first-order chi connectivity index (χ1) is 12.0. The molecule has 0 aliphatic carbocycles. The molecular weight excluding hydrogens is 320 g/mol. The normalized spacial score (nSPS) is 16.3. The van der Waals surface area contributed by atoms with E-state index < -0.39 is 6.04 Å². The monoisotopic (exact) mass is 338 g/mol. The molecule has 3 rings (SSSR count). The fourth-order valence-electron chi connectivity index (χ4n) is 2.60. The number of aryl methyl sites for hydroxylation is 1. The zero-order valence-electron chi connectivity index (χ0n) is 13.7. The van der Waals surface area contributed by atoms with Crippen molar-refractivity contribution in [2.75, 3.05) is 10.6 Å². The molecule has 3 amide bonds. The fourth-order valence-corrected chi connectivity index (χ4v) is 2.60. The van der Waals surface area contributed by atoms with Crippen molar-refractivity contribution in [2.24, 2.45) is 0 Å². The maximum absolute atomic E-state index is 12.3. The van der Waals surface area contributed by atoms with Crippen LogP contribution in [-0.4, -0.2) is 28.7 Å². The van der Waals surface area contributed by atoms with E-state index in [0.29, 0.717) is 17.1 Å². The number of benzene rings is 1.